The van der Waals surface area contributed by atoms with Gasteiger partial charge in [-0.1, -0.05) is 20.8 Å². The van der Waals surface area contributed by atoms with Crippen LogP contribution < -0.4 is 0 Å². The Kier molecular flexibility index (Phi) is 2.48. The number of likely N-dealkylation sites (tertiary alicyclic amines) is 1. The minimum atomic E-state index is -0.393. The Morgan fingerprint density at radius 3 is 2.65 bits per heavy atom. The van der Waals surface area contributed by atoms with Gasteiger partial charge in [0.15, 0.2) is 0 Å². The Balaban J connectivity index is 1.61. The first-order chi connectivity index (χ1) is 9.45. The van der Waals surface area contributed by atoms with E-state index in [9.17, 15) is 9.59 Å². The minimum Gasteiger partial charge on any atom is -0.278 e. The van der Waals surface area contributed by atoms with Gasteiger partial charge in [-0.15, -0.1) is 0 Å². The van der Waals surface area contributed by atoms with E-state index in [-0.39, 0.29) is 23.8 Å². The van der Waals surface area contributed by atoms with Crippen molar-refractivity contribution in [1.82, 2.24) is 4.90 Å². The lowest BCUT2D eigenvalue weighted by molar-refractivity contribution is -0.172. The number of imide groups is 1. The fourth-order valence-electron chi connectivity index (χ4n) is 5.59. The van der Waals surface area contributed by atoms with Crippen LogP contribution in [0.4, 0.5) is 0 Å². The van der Waals surface area contributed by atoms with Crippen LogP contribution in [0.5, 0.6) is 0 Å². The van der Waals surface area contributed by atoms with Crippen LogP contribution >= 0.6 is 0 Å². The van der Waals surface area contributed by atoms with Gasteiger partial charge in [0.1, 0.15) is 0 Å². The van der Waals surface area contributed by atoms with Crippen molar-refractivity contribution < 1.29 is 9.59 Å². The SMILES string of the molecule is CCC(C)(C)C(=O)N1C(=O)C2CC3C4CCC(C4)C3C21. The highest BCUT2D eigenvalue weighted by molar-refractivity contribution is 6.04. The molecule has 1 saturated heterocycles. The van der Waals surface area contributed by atoms with E-state index in [0.29, 0.717) is 5.92 Å². The highest BCUT2D eigenvalue weighted by Crippen LogP contribution is 2.64. The second-order valence-electron chi connectivity index (χ2n) is 8.16. The second kappa shape index (κ2) is 3.86. The summed E-state index contributed by atoms with van der Waals surface area (Å²) in [7, 11) is 0. The van der Waals surface area contributed by atoms with Crippen molar-refractivity contribution in [1.29, 1.82) is 0 Å². The van der Waals surface area contributed by atoms with Gasteiger partial charge in [0, 0.05) is 5.41 Å². The smallest absolute Gasteiger partial charge is 0.235 e. The monoisotopic (exact) mass is 275 g/mol. The lowest BCUT2D eigenvalue weighted by Gasteiger charge is -2.48. The normalized spacial score (nSPS) is 45.4. The number of fused-ring (bicyclic) bond motifs is 7. The Bertz CT molecular complexity index is 483. The maximum atomic E-state index is 12.7. The predicted molar refractivity (Wildman–Crippen MR) is 75.6 cm³/mol. The molecule has 2 amide bonds. The number of hydrogen-bond acceptors (Lipinski definition) is 2. The standard InChI is InChI=1S/C17H25NO2/c1-4-17(2,3)16(20)18-14-12(15(18)19)8-11-9-5-6-10(7-9)13(11)14/h9-14H,4-8H2,1-3H3. The second-order valence-corrected chi connectivity index (χ2v) is 8.16. The number of amides is 2. The Labute approximate surface area is 121 Å². The van der Waals surface area contributed by atoms with Gasteiger partial charge in [0.25, 0.3) is 0 Å². The highest BCUT2D eigenvalue weighted by atomic mass is 16.2. The average molecular weight is 275 g/mol. The van der Waals surface area contributed by atoms with E-state index < -0.39 is 5.41 Å². The lowest BCUT2D eigenvalue weighted by Crippen LogP contribution is -2.65. The average Bonchev–Trinajstić information content (AvgIpc) is 3.08. The maximum Gasteiger partial charge on any atom is 0.235 e. The molecule has 3 saturated carbocycles. The first kappa shape index (κ1) is 12.8. The van der Waals surface area contributed by atoms with Crippen molar-refractivity contribution in [2.45, 2.75) is 58.9 Å². The summed E-state index contributed by atoms with van der Waals surface area (Å²) in [5.41, 5.74) is -0.393. The summed E-state index contributed by atoms with van der Waals surface area (Å²) in [5.74, 6) is 3.45. The van der Waals surface area contributed by atoms with E-state index in [0.717, 1.165) is 30.6 Å². The van der Waals surface area contributed by atoms with Crippen LogP contribution in [0, 0.1) is 35.0 Å². The molecule has 1 heterocycles. The highest BCUT2D eigenvalue weighted by Gasteiger charge is 2.67. The zero-order valence-corrected chi connectivity index (χ0v) is 12.8. The molecule has 0 aromatic heterocycles. The quantitative estimate of drug-likeness (QED) is 0.727. The van der Waals surface area contributed by atoms with Crippen LogP contribution in [0.15, 0.2) is 0 Å². The molecule has 3 nitrogen and oxygen atoms in total. The molecule has 20 heavy (non-hydrogen) atoms. The first-order valence-corrected chi connectivity index (χ1v) is 8.33. The van der Waals surface area contributed by atoms with E-state index in [4.69, 9.17) is 0 Å². The van der Waals surface area contributed by atoms with Crippen LogP contribution in [-0.2, 0) is 9.59 Å². The molecule has 0 aromatic rings. The molecular formula is C17H25NO2. The predicted octanol–water partition coefficient (Wildman–Crippen LogP) is 2.84. The van der Waals surface area contributed by atoms with E-state index in [1.807, 2.05) is 20.8 Å². The van der Waals surface area contributed by atoms with Crippen LogP contribution in [0.2, 0.25) is 0 Å². The van der Waals surface area contributed by atoms with Gasteiger partial charge in [0.05, 0.1) is 12.0 Å². The molecule has 0 radical (unpaired) electrons. The molecule has 3 aliphatic carbocycles. The van der Waals surface area contributed by atoms with E-state index in [2.05, 4.69) is 0 Å². The van der Waals surface area contributed by atoms with Gasteiger partial charge < -0.3 is 0 Å². The largest absolute Gasteiger partial charge is 0.278 e. The molecule has 4 rings (SSSR count). The molecule has 6 atom stereocenters. The Hall–Kier alpha value is -0.860. The molecular weight excluding hydrogens is 250 g/mol. The summed E-state index contributed by atoms with van der Waals surface area (Å²) >= 11 is 0. The number of rotatable bonds is 2. The number of β-lactam (4-membered cyclic amide) rings is 1. The molecule has 4 aliphatic rings. The third-order valence-corrected chi connectivity index (χ3v) is 7.03. The summed E-state index contributed by atoms with van der Waals surface area (Å²) in [6.07, 6.45) is 5.95. The van der Waals surface area contributed by atoms with Crippen molar-refractivity contribution in [2.24, 2.45) is 35.0 Å². The first-order valence-electron chi connectivity index (χ1n) is 8.33. The van der Waals surface area contributed by atoms with Crippen LogP contribution in [0.1, 0.15) is 52.9 Å². The van der Waals surface area contributed by atoms with Crippen LogP contribution in [-0.4, -0.2) is 22.8 Å². The van der Waals surface area contributed by atoms with Crippen molar-refractivity contribution in [3.8, 4) is 0 Å². The number of nitrogens with zero attached hydrogens (tertiary/aromatic N) is 1. The number of hydrogen-bond donors (Lipinski definition) is 0. The third-order valence-electron chi connectivity index (χ3n) is 7.03. The molecule has 2 bridgehead atoms. The summed E-state index contributed by atoms with van der Waals surface area (Å²) in [6.45, 7) is 5.99. The summed E-state index contributed by atoms with van der Waals surface area (Å²) in [6, 6.07) is 0.265. The number of carbonyl (C=O) groups excluding carboxylic acids is 2. The van der Waals surface area contributed by atoms with Crippen molar-refractivity contribution >= 4 is 11.8 Å². The molecule has 1 aliphatic heterocycles. The van der Waals surface area contributed by atoms with Gasteiger partial charge in [-0.25, -0.2) is 0 Å². The summed E-state index contributed by atoms with van der Waals surface area (Å²) < 4.78 is 0. The van der Waals surface area contributed by atoms with E-state index >= 15 is 0 Å². The zero-order valence-electron chi connectivity index (χ0n) is 12.8. The topological polar surface area (TPSA) is 37.4 Å². The molecule has 3 heteroatoms. The Morgan fingerprint density at radius 1 is 1.25 bits per heavy atom. The van der Waals surface area contributed by atoms with Crippen molar-refractivity contribution in [2.75, 3.05) is 0 Å². The fraction of sp³-hybridized carbons (Fsp3) is 0.882. The van der Waals surface area contributed by atoms with Gasteiger partial charge in [-0.3, -0.25) is 14.5 Å². The van der Waals surface area contributed by atoms with Gasteiger partial charge in [-0.2, -0.15) is 0 Å². The molecule has 0 N–H and O–H groups in total. The minimum absolute atomic E-state index is 0.0784. The molecule has 0 aromatic carbocycles. The van der Waals surface area contributed by atoms with Crippen molar-refractivity contribution in [3.63, 3.8) is 0 Å². The summed E-state index contributed by atoms with van der Waals surface area (Å²) in [5, 5.41) is 0. The summed E-state index contributed by atoms with van der Waals surface area (Å²) in [4.78, 5) is 26.8. The maximum absolute atomic E-state index is 12.7. The fourth-order valence-corrected chi connectivity index (χ4v) is 5.59. The van der Waals surface area contributed by atoms with Crippen LogP contribution in [0.25, 0.3) is 0 Å². The zero-order chi connectivity index (χ0) is 14.2. The molecule has 4 fully saturated rings. The molecule has 0 spiro atoms. The molecule has 110 valence electrons. The van der Waals surface area contributed by atoms with Crippen molar-refractivity contribution in [3.05, 3.63) is 0 Å². The van der Waals surface area contributed by atoms with Crippen LogP contribution in [0.3, 0.4) is 0 Å². The van der Waals surface area contributed by atoms with E-state index in [1.165, 1.54) is 19.3 Å². The Morgan fingerprint density at radius 2 is 1.95 bits per heavy atom. The number of carbonyl (C=O) groups is 2. The lowest BCUT2D eigenvalue weighted by atomic mass is 9.76. The van der Waals surface area contributed by atoms with E-state index in [1.54, 1.807) is 4.90 Å². The third kappa shape index (κ3) is 1.37. The van der Waals surface area contributed by atoms with Gasteiger partial charge in [0.2, 0.25) is 11.8 Å². The van der Waals surface area contributed by atoms with Gasteiger partial charge >= 0.3 is 0 Å². The van der Waals surface area contributed by atoms with Gasteiger partial charge in [-0.05, 0) is 55.8 Å². The molecule has 6 unspecified atom stereocenters.